The Morgan fingerprint density at radius 1 is 0.941 bits per heavy atom. The Bertz CT molecular complexity index is 520. The molecular weight excluding hydrogens is 216 g/mol. The maximum absolute atomic E-state index is 11.3. The minimum absolute atomic E-state index is 0.00348. The highest BCUT2D eigenvalue weighted by atomic mass is 16.4. The van der Waals surface area contributed by atoms with Crippen molar-refractivity contribution in [3.05, 3.63) is 65.7 Å². The highest BCUT2D eigenvalue weighted by Crippen LogP contribution is 2.31. The van der Waals surface area contributed by atoms with Crippen LogP contribution in [0, 0.1) is 0 Å². The van der Waals surface area contributed by atoms with E-state index in [2.05, 4.69) is 0 Å². The van der Waals surface area contributed by atoms with Crippen LogP contribution in [0.3, 0.4) is 0 Å². The fourth-order valence-corrected chi connectivity index (χ4v) is 1.83. The first-order valence-electron chi connectivity index (χ1n) is 5.26. The van der Waals surface area contributed by atoms with Crippen molar-refractivity contribution >= 4 is 5.97 Å². The second-order valence-corrected chi connectivity index (χ2v) is 3.74. The molecule has 1 atom stereocenters. The molecule has 86 valence electrons. The minimum Gasteiger partial charge on any atom is -0.508 e. The number of carboxylic acids is 1. The van der Waals surface area contributed by atoms with Gasteiger partial charge in [0.25, 0.3) is 0 Å². The lowest BCUT2D eigenvalue weighted by Gasteiger charge is -2.14. The molecule has 0 bridgehead atoms. The Morgan fingerprint density at radius 2 is 1.53 bits per heavy atom. The van der Waals surface area contributed by atoms with Gasteiger partial charge in [0.15, 0.2) is 0 Å². The summed E-state index contributed by atoms with van der Waals surface area (Å²) in [6.45, 7) is 0. The average molecular weight is 228 g/mol. The molecule has 0 unspecified atom stereocenters. The van der Waals surface area contributed by atoms with Gasteiger partial charge in [0.05, 0.1) is 0 Å². The van der Waals surface area contributed by atoms with Gasteiger partial charge in [-0.1, -0.05) is 48.5 Å². The molecule has 2 aromatic carbocycles. The van der Waals surface area contributed by atoms with Crippen LogP contribution in [0.15, 0.2) is 54.6 Å². The Labute approximate surface area is 99.0 Å². The van der Waals surface area contributed by atoms with E-state index >= 15 is 0 Å². The molecule has 0 heterocycles. The van der Waals surface area contributed by atoms with Gasteiger partial charge in [-0.15, -0.1) is 0 Å². The lowest BCUT2D eigenvalue weighted by molar-refractivity contribution is -0.137. The number of phenols is 1. The van der Waals surface area contributed by atoms with E-state index < -0.39 is 11.9 Å². The lowest BCUT2D eigenvalue weighted by Crippen LogP contribution is -2.13. The van der Waals surface area contributed by atoms with E-state index in [9.17, 15) is 15.0 Å². The third-order valence-corrected chi connectivity index (χ3v) is 2.63. The molecule has 2 N–H and O–H groups in total. The van der Waals surface area contributed by atoms with Gasteiger partial charge in [0.2, 0.25) is 0 Å². The maximum Gasteiger partial charge on any atom is 0.315 e. The normalized spacial score (nSPS) is 12.0. The molecule has 0 amide bonds. The van der Waals surface area contributed by atoms with Gasteiger partial charge in [0.1, 0.15) is 11.7 Å². The molecule has 0 saturated heterocycles. The van der Waals surface area contributed by atoms with Gasteiger partial charge >= 0.3 is 5.97 Å². The zero-order chi connectivity index (χ0) is 12.3. The fourth-order valence-electron chi connectivity index (χ4n) is 1.83. The quantitative estimate of drug-likeness (QED) is 0.849. The minimum atomic E-state index is -0.974. The summed E-state index contributed by atoms with van der Waals surface area (Å²) in [5.41, 5.74) is 1.06. The van der Waals surface area contributed by atoms with Crippen LogP contribution in [0.1, 0.15) is 17.0 Å². The highest BCUT2D eigenvalue weighted by molar-refractivity contribution is 5.81. The summed E-state index contributed by atoms with van der Waals surface area (Å²) in [5, 5.41) is 19.0. The number of benzene rings is 2. The molecule has 0 aliphatic heterocycles. The summed E-state index contributed by atoms with van der Waals surface area (Å²) in [7, 11) is 0. The summed E-state index contributed by atoms with van der Waals surface area (Å²) in [5.74, 6) is -1.81. The first-order chi connectivity index (χ1) is 8.20. The Hall–Kier alpha value is -2.29. The van der Waals surface area contributed by atoms with Crippen LogP contribution < -0.4 is 0 Å². The van der Waals surface area contributed by atoms with E-state index in [1.807, 2.05) is 6.07 Å². The van der Waals surface area contributed by atoms with Gasteiger partial charge in [-0.25, -0.2) is 0 Å². The van der Waals surface area contributed by atoms with Crippen LogP contribution in [0.25, 0.3) is 0 Å². The van der Waals surface area contributed by atoms with Gasteiger partial charge < -0.3 is 10.2 Å². The van der Waals surface area contributed by atoms with Crippen molar-refractivity contribution in [2.75, 3.05) is 0 Å². The largest absolute Gasteiger partial charge is 0.508 e. The number of aliphatic carboxylic acids is 1. The molecule has 0 fully saturated rings. The zero-order valence-electron chi connectivity index (χ0n) is 9.08. The Balaban J connectivity index is 2.51. The first-order valence-corrected chi connectivity index (χ1v) is 5.26. The molecule has 0 spiro atoms. The van der Waals surface area contributed by atoms with E-state index in [1.165, 1.54) is 6.07 Å². The number of aromatic hydroxyl groups is 1. The van der Waals surface area contributed by atoms with Gasteiger partial charge in [-0.3, -0.25) is 4.79 Å². The maximum atomic E-state index is 11.3. The molecule has 0 saturated carbocycles. The van der Waals surface area contributed by atoms with E-state index in [-0.39, 0.29) is 5.75 Å². The third kappa shape index (κ3) is 2.28. The van der Waals surface area contributed by atoms with Crippen LogP contribution in [-0.4, -0.2) is 16.2 Å². The van der Waals surface area contributed by atoms with Crippen molar-refractivity contribution in [1.82, 2.24) is 0 Å². The highest BCUT2D eigenvalue weighted by Gasteiger charge is 2.24. The summed E-state index contributed by atoms with van der Waals surface area (Å²) < 4.78 is 0. The number of hydrogen-bond donors (Lipinski definition) is 2. The van der Waals surface area contributed by atoms with E-state index in [1.54, 1.807) is 42.5 Å². The predicted octanol–water partition coefficient (Wildman–Crippen LogP) is 2.61. The third-order valence-electron chi connectivity index (χ3n) is 2.63. The fraction of sp³-hybridized carbons (Fsp3) is 0.0714. The lowest BCUT2D eigenvalue weighted by atomic mass is 9.91. The SMILES string of the molecule is O=C(O)[C@H](c1ccccc1)c1ccccc1O. The summed E-state index contributed by atoms with van der Waals surface area (Å²) in [4.78, 5) is 11.3. The van der Waals surface area contributed by atoms with Gasteiger partial charge in [0, 0.05) is 5.56 Å². The first kappa shape index (κ1) is 11.2. The summed E-state index contributed by atoms with van der Waals surface area (Å²) in [6, 6.07) is 15.4. The second-order valence-electron chi connectivity index (χ2n) is 3.74. The van der Waals surface area contributed by atoms with Crippen molar-refractivity contribution < 1.29 is 15.0 Å². The van der Waals surface area contributed by atoms with Crippen LogP contribution in [0.2, 0.25) is 0 Å². The average Bonchev–Trinajstić information content (AvgIpc) is 2.33. The summed E-state index contributed by atoms with van der Waals surface area (Å²) >= 11 is 0. The van der Waals surface area contributed by atoms with Crippen LogP contribution >= 0.6 is 0 Å². The topological polar surface area (TPSA) is 57.5 Å². The molecule has 3 nitrogen and oxygen atoms in total. The van der Waals surface area contributed by atoms with E-state index in [4.69, 9.17) is 0 Å². The number of carboxylic acid groups (broad SMARTS) is 1. The molecule has 2 aromatic rings. The van der Waals surface area contributed by atoms with E-state index in [0.717, 1.165) is 0 Å². The predicted molar refractivity (Wildman–Crippen MR) is 64.0 cm³/mol. The van der Waals surface area contributed by atoms with Gasteiger partial charge in [-0.05, 0) is 11.6 Å². The second kappa shape index (κ2) is 4.70. The molecule has 0 radical (unpaired) electrons. The number of phenolic OH excluding ortho intramolecular Hbond substituents is 1. The van der Waals surface area contributed by atoms with Crippen molar-refractivity contribution in [1.29, 1.82) is 0 Å². The smallest absolute Gasteiger partial charge is 0.315 e. The van der Waals surface area contributed by atoms with E-state index in [0.29, 0.717) is 11.1 Å². The number of para-hydroxylation sites is 1. The number of hydrogen-bond acceptors (Lipinski definition) is 2. The van der Waals surface area contributed by atoms with Crippen molar-refractivity contribution in [2.45, 2.75) is 5.92 Å². The molecule has 2 rings (SSSR count). The van der Waals surface area contributed by atoms with Gasteiger partial charge in [-0.2, -0.15) is 0 Å². The number of rotatable bonds is 3. The Morgan fingerprint density at radius 3 is 2.12 bits per heavy atom. The van der Waals surface area contributed by atoms with Crippen molar-refractivity contribution in [3.8, 4) is 5.75 Å². The molecule has 0 aliphatic carbocycles. The molecule has 0 aromatic heterocycles. The van der Waals surface area contributed by atoms with Crippen LogP contribution in [-0.2, 0) is 4.79 Å². The molecular formula is C14H12O3. The molecule has 0 aliphatic rings. The Kier molecular flexibility index (Phi) is 3.10. The zero-order valence-corrected chi connectivity index (χ0v) is 9.08. The standard InChI is InChI=1S/C14H12O3/c15-12-9-5-4-8-11(12)13(14(16)17)10-6-2-1-3-7-10/h1-9,13,15H,(H,16,17)/t13-/m1/s1. The monoisotopic (exact) mass is 228 g/mol. The van der Waals surface area contributed by atoms with Crippen molar-refractivity contribution in [3.63, 3.8) is 0 Å². The number of carbonyl (C=O) groups is 1. The molecule has 17 heavy (non-hydrogen) atoms. The van der Waals surface area contributed by atoms with Crippen molar-refractivity contribution in [2.24, 2.45) is 0 Å². The van der Waals surface area contributed by atoms with Crippen LogP contribution in [0.5, 0.6) is 5.75 Å². The van der Waals surface area contributed by atoms with Crippen LogP contribution in [0.4, 0.5) is 0 Å². The molecule has 3 heteroatoms. The summed E-state index contributed by atoms with van der Waals surface area (Å²) in [6.07, 6.45) is 0.